The zero-order chi connectivity index (χ0) is 15.1. The first-order valence-corrected chi connectivity index (χ1v) is 9.08. The quantitative estimate of drug-likeness (QED) is 0.796. The van der Waals surface area contributed by atoms with Crippen LogP contribution in [-0.2, 0) is 16.4 Å². The van der Waals surface area contributed by atoms with Crippen molar-refractivity contribution in [3.63, 3.8) is 0 Å². The summed E-state index contributed by atoms with van der Waals surface area (Å²) in [6.07, 6.45) is 3.85. The average Bonchev–Trinajstić information content (AvgIpc) is 2.48. The Morgan fingerprint density at radius 2 is 2.24 bits per heavy atom. The largest absolute Gasteiger partial charge is 0.497 e. The molecule has 1 unspecified atom stereocenters. The van der Waals surface area contributed by atoms with Crippen molar-refractivity contribution >= 4 is 10.0 Å². The molecule has 1 aliphatic rings. The molecule has 0 bridgehead atoms. The van der Waals surface area contributed by atoms with Gasteiger partial charge in [-0.2, -0.15) is 0 Å². The Kier molecular flexibility index (Phi) is 6.02. The molecule has 1 aliphatic heterocycles. The Morgan fingerprint density at radius 3 is 2.95 bits per heavy atom. The molecule has 0 spiro atoms. The molecule has 1 aromatic rings. The minimum Gasteiger partial charge on any atom is -0.497 e. The summed E-state index contributed by atoms with van der Waals surface area (Å²) in [5, 5.41) is 3.26. The molecule has 2 rings (SSSR count). The lowest BCUT2D eigenvalue weighted by Gasteiger charge is -2.23. The zero-order valence-corrected chi connectivity index (χ0v) is 13.3. The van der Waals surface area contributed by atoms with Gasteiger partial charge in [-0.15, -0.1) is 0 Å². The average molecular weight is 312 g/mol. The molecule has 1 atom stereocenters. The predicted molar refractivity (Wildman–Crippen MR) is 84.1 cm³/mol. The molecule has 0 radical (unpaired) electrons. The maximum atomic E-state index is 12.0. The van der Waals surface area contributed by atoms with Crippen molar-refractivity contribution in [1.29, 1.82) is 0 Å². The number of ether oxygens (including phenoxy) is 1. The first-order chi connectivity index (χ1) is 10.1. The van der Waals surface area contributed by atoms with Gasteiger partial charge in [-0.05, 0) is 43.5 Å². The first-order valence-electron chi connectivity index (χ1n) is 7.43. The number of hydrogen-bond acceptors (Lipinski definition) is 4. The third kappa shape index (κ3) is 5.65. The van der Waals surface area contributed by atoms with E-state index in [4.69, 9.17) is 4.74 Å². The van der Waals surface area contributed by atoms with E-state index in [2.05, 4.69) is 10.0 Å². The van der Waals surface area contributed by atoms with Crippen LogP contribution in [0.5, 0.6) is 5.75 Å². The highest BCUT2D eigenvalue weighted by Crippen LogP contribution is 2.13. The molecular weight excluding hydrogens is 288 g/mol. The highest BCUT2D eigenvalue weighted by atomic mass is 32.2. The van der Waals surface area contributed by atoms with Crippen LogP contribution in [0.15, 0.2) is 24.3 Å². The fourth-order valence-corrected chi connectivity index (χ4v) is 3.91. The molecule has 0 saturated carbocycles. The molecule has 5 nitrogen and oxygen atoms in total. The van der Waals surface area contributed by atoms with Crippen molar-refractivity contribution in [3.05, 3.63) is 29.8 Å². The number of nitrogens with one attached hydrogen (secondary N) is 2. The van der Waals surface area contributed by atoms with Crippen molar-refractivity contribution in [3.8, 4) is 5.75 Å². The van der Waals surface area contributed by atoms with Crippen LogP contribution in [-0.4, -0.2) is 40.4 Å². The minimum atomic E-state index is -3.21. The molecule has 1 fully saturated rings. The number of hydrogen-bond donors (Lipinski definition) is 2. The van der Waals surface area contributed by atoms with Crippen LogP contribution in [0.1, 0.15) is 24.8 Å². The van der Waals surface area contributed by atoms with E-state index < -0.39 is 10.0 Å². The lowest BCUT2D eigenvalue weighted by Crippen LogP contribution is -2.42. The third-order valence-electron chi connectivity index (χ3n) is 3.70. The van der Waals surface area contributed by atoms with E-state index in [1.54, 1.807) is 7.11 Å². The van der Waals surface area contributed by atoms with E-state index in [1.165, 1.54) is 0 Å². The van der Waals surface area contributed by atoms with Gasteiger partial charge in [0.05, 0.1) is 12.9 Å². The van der Waals surface area contributed by atoms with Crippen LogP contribution in [0.25, 0.3) is 0 Å². The summed E-state index contributed by atoms with van der Waals surface area (Å²) in [7, 11) is -1.59. The Labute approximate surface area is 127 Å². The van der Waals surface area contributed by atoms with Gasteiger partial charge in [0.15, 0.2) is 0 Å². The van der Waals surface area contributed by atoms with Gasteiger partial charge in [-0.25, -0.2) is 13.1 Å². The molecule has 21 heavy (non-hydrogen) atoms. The number of methoxy groups -OCH3 is 1. The molecule has 1 aromatic carbocycles. The fourth-order valence-electron chi connectivity index (χ4n) is 2.57. The van der Waals surface area contributed by atoms with Crippen molar-refractivity contribution in [1.82, 2.24) is 10.0 Å². The highest BCUT2D eigenvalue weighted by Gasteiger charge is 2.20. The maximum Gasteiger partial charge on any atom is 0.213 e. The second-order valence-electron chi connectivity index (χ2n) is 5.42. The summed E-state index contributed by atoms with van der Waals surface area (Å²) >= 11 is 0. The number of piperidine rings is 1. The minimum absolute atomic E-state index is 0.0908. The topological polar surface area (TPSA) is 67.4 Å². The third-order valence-corrected chi connectivity index (χ3v) is 5.19. The van der Waals surface area contributed by atoms with Crippen LogP contribution in [0.4, 0.5) is 0 Å². The number of benzene rings is 1. The van der Waals surface area contributed by atoms with Crippen molar-refractivity contribution in [2.45, 2.75) is 31.7 Å². The Balaban J connectivity index is 1.78. The van der Waals surface area contributed by atoms with Gasteiger partial charge < -0.3 is 10.1 Å². The van der Waals surface area contributed by atoms with Crippen LogP contribution in [0, 0.1) is 0 Å². The maximum absolute atomic E-state index is 12.0. The van der Waals surface area contributed by atoms with Gasteiger partial charge in [0.25, 0.3) is 0 Å². The van der Waals surface area contributed by atoms with Crippen molar-refractivity contribution in [2.75, 3.05) is 26.0 Å². The lowest BCUT2D eigenvalue weighted by atomic mass is 10.1. The molecular formula is C15H24N2O3S. The summed E-state index contributed by atoms with van der Waals surface area (Å²) in [6.45, 7) is 1.34. The van der Waals surface area contributed by atoms with Crippen LogP contribution < -0.4 is 14.8 Å². The molecule has 1 saturated heterocycles. The number of sulfonamides is 1. The Morgan fingerprint density at radius 1 is 1.38 bits per heavy atom. The van der Waals surface area contributed by atoms with Crippen LogP contribution in [0.2, 0.25) is 0 Å². The van der Waals surface area contributed by atoms with E-state index >= 15 is 0 Å². The van der Waals surface area contributed by atoms with Gasteiger partial charge in [0.2, 0.25) is 10.0 Å². The summed E-state index contributed by atoms with van der Waals surface area (Å²) in [5.41, 5.74) is 1.06. The summed E-state index contributed by atoms with van der Waals surface area (Å²) in [5.74, 6) is 0.965. The summed E-state index contributed by atoms with van der Waals surface area (Å²) < 4.78 is 31.9. The fraction of sp³-hybridized carbons (Fsp3) is 0.600. The van der Waals surface area contributed by atoms with Crippen molar-refractivity contribution < 1.29 is 13.2 Å². The molecule has 0 aliphatic carbocycles. The van der Waals surface area contributed by atoms with Gasteiger partial charge >= 0.3 is 0 Å². The molecule has 2 N–H and O–H groups in total. The Hall–Kier alpha value is -1.11. The van der Waals surface area contributed by atoms with Crippen LogP contribution in [0.3, 0.4) is 0 Å². The van der Waals surface area contributed by atoms with E-state index in [9.17, 15) is 8.42 Å². The van der Waals surface area contributed by atoms with E-state index in [-0.39, 0.29) is 11.8 Å². The van der Waals surface area contributed by atoms with Crippen LogP contribution >= 0.6 is 0 Å². The van der Waals surface area contributed by atoms with E-state index in [0.717, 1.165) is 37.1 Å². The molecule has 118 valence electrons. The van der Waals surface area contributed by atoms with Crippen molar-refractivity contribution in [2.24, 2.45) is 0 Å². The van der Waals surface area contributed by atoms with Gasteiger partial charge in [-0.3, -0.25) is 0 Å². The summed E-state index contributed by atoms with van der Waals surface area (Å²) in [6, 6.07) is 7.78. The number of rotatable bonds is 7. The predicted octanol–water partition coefficient (Wildman–Crippen LogP) is 1.30. The standard InChI is InChI=1S/C15H24N2O3S/c1-20-15-7-4-5-13(11-15)8-10-17-21(18,19)12-14-6-2-3-9-16-14/h4-5,7,11,14,16-17H,2-3,6,8-10,12H2,1H3. The second-order valence-corrected chi connectivity index (χ2v) is 7.28. The molecule has 6 heteroatoms. The van der Waals surface area contributed by atoms with Gasteiger partial charge in [0.1, 0.15) is 5.75 Å². The summed E-state index contributed by atoms with van der Waals surface area (Å²) in [4.78, 5) is 0. The Bertz CT molecular complexity index is 540. The smallest absolute Gasteiger partial charge is 0.213 e. The normalized spacial score (nSPS) is 19.4. The molecule has 1 heterocycles. The first kappa shape index (κ1) is 16.3. The second kappa shape index (κ2) is 7.77. The van der Waals surface area contributed by atoms with Gasteiger partial charge in [0, 0.05) is 12.6 Å². The monoisotopic (exact) mass is 312 g/mol. The zero-order valence-electron chi connectivity index (χ0n) is 12.5. The SMILES string of the molecule is COc1cccc(CCNS(=O)(=O)CC2CCCCN2)c1. The molecule has 0 aromatic heterocycles. The van der Waals surface area contributed by atoms with E-state index in [0.29, 0.717) is 13.0 Å². The molecule has 0 amide bonds. The highest BCUT2D eigenvalue weighted by molar-refractivity contribution is 7.89. The lowest BCUT2D eigenvalue weighted by molar-refractivity contribution is 0.414. The van der Waals surface area contributed by atoms with Gasteiger partial charge in [-0.1, -0.05) is 18.6 Å². The van der Waals surface area contributed by atoms with E-state index in [1.807, 2.05) is 24.3 Å².